The highest BCUT2D eigenvalue weighted by Crippen LogP contribution is 2.25. The van der Waals surface area contributed by atoms with Crippen LogP contribution < -0.4 is 5.32 Å². The first kappa shape index (κ1) is 14.6. The molecule has 0 saturated heterocycles. The summed E-state index contributed by atoms with van der Waals surface area (Å²) in [6.45, 7) is 3.37. The molecule has 2 N–H and O–H groups in total. The van der Waals surface area contributed by atoms with Crippen molar-refractivity contribution in [2.45, 2.75) is 36.5 Å². The summed E-state index contributed by atoms with van der Waals surface area (Å²) in [5.74, 6) is -1.26. The lowest BCUT2D eigenvalue weighted by atomic mass is 10.2. The molecule has 0 aliphatic carbocycles. The van der Waals surface area contributed by atoms with Gasteiger partial charge in [-0.3, -0.25) is 9.59 Å². The predicted octanol–water partition coefficient (Wildman–Crippen LogP) is 2.15. The van der Waals surface area contributed by atoms with Gasteiger partial charge >= 0.3 is 5.97 Å². The summed E-state index contributed by atoms with van der Waals surface area (Å²) in [5.41, 5.74) is 0. The molecule has 5 heteroatoms. The summed E-state index contributed by atoms with van der Waals surface area (Å²) < 4.78 is 0. The third-order valence-corrected chi connectivity index (χ3v) is 3.79. The SMILES string of the molecule is CCC(Sc1ccccc1)C(=O)N[C@H](C)C(=O)O. The first-order valence-corrected chi connectivity index (χ1v) is 6.67. The normalized spacial score (nSPS) is 13.7. The van der Waals surface area contributed by atoms with Crippen molar-refractivity contribution < 1.29 is 14.7 Å². The Hall–Kier alpha value is -1.49. The first-order valence-electron chi connectivity index (χ1n) is 5.79. The van der Waals surface area contributed by atoms with E-state index in [1.807, 2.05) is 37.3 Å². The number of carboxylic acid groups (broad SMARTS) is 1. The fourth-order valence-corrected chi connectivity index (χ4v) is 2.34. The minimum Gasteiger partial charge on any atom is -0.480 e. The summed E-state index contributed by atoms with van der Waals surface area (Å²) in [6, 6.07) is 8.74. The van der Waals surface area contributed by atoms with Crippen molar-refractivity contribution in [3.05, 3.63) is 30.3 Å². The molecule has 0 aliphatic rings. The van der Waals surface area contributed by atoms with Gasteiger partial charge in [0.15, 0.2) is 0 Å². The highest BCUT2D eigenvalue weighted by Gasteiger charge is 2.21. The van der Waals surface area contributed by atoms with Crippen molar-refractivity contribution in [2.75, 3.05) is 0 Å². The number of nitrogens with one attached hydrogen (secondary N) is 1. The number of hydrogen-bond donors (Lipinski definition) is 2. The van der Waals surface area contributed by atoms with Gasteiger partial charge in [-0.05, 0) is 25.5 Å². The largest absolute Gasteiger partial charge is 0.480 e. The van der Waals surface area contributed by atoms with E-state index in [9.17, 15) is 9.59 Å². The van der Waals surface area contributed by atoms with Gasteiger partial charge in [0.25, 0.3) is 0 Å². The Morgan fingerprint density at radius 3 is 2.44 bits per heavy atom. The topological polar surface area (TPSA) is 66.4 Å². The van der Waals surface area contributed by atoms with Crippen molar-refractivity contribution in [2.24, 2.45) is 0 Å². The maximum Gasteiger partial charge on any atom is 0.325 e. The number of hydrogen-bond acceptors (Lipinski definition) is 3. The van der Waals surface area contributed by atoms with Gasteiger partial charge in [-0.2, -0.15) is 0 Å². The standard InChI is InChI=1S/C13H17NO3S/c1-3-11(12(15)14-9(2)13(16)17)18-10-7-5-4-6-8-10/h4-9,11H,3H2,1-2H3,(H,14,15)(H,16,17)/t9-,11?/m1/s1. The van der Waals surface area contributed by atoms with E-state index < -0.39 is 12.0 Å². The molecular weight excluding hydrogens is 250 g/mol. The summed E-state index contributed by atoms with van der Waals surface area (Å²) >= 11 is 1.45. The van der Waals surface area contributed by atoms with Gasteiger partial charge < -0.3 is 10.4 Å². The molecule has 1 unspecified atom stereocenters. The highest BCUT2D eigenvalue weighted by atomic mass is 32.2. The molecule has 1 aromatic carbocycles. The fraction of sp³-hybridized carbons (Fsp3) is 0.385. The van der Waals surface area contributed by atoms with Gasteiger partial charge in [0.2, 0.25) is 5.91 Å². The fourth-order valence-electron chi connectivity index (χ4n) is 1.35. The summed E-state index contributed by atoms with van der Waals surface area (Å²) in [5, 5.41) is 11.0. The molecule has 98 valence electrons. The lowest BCUT2D eigenvalue weighted by Gasteiger charge is -2.16. The zero-order chi connectivity index (χ0) is 13.5. The van der Waals surface area contributed by atoms with E-state index in [0.717, 1.165) is 4.90 Å². The van der Waals surface area contributed by atoms with Crippen LogP contribution in [0.4, 0.5) is 0 Å². The third-order valence-electron chi connectivity index (χ3n) is 2.41. The van der Waals surface area contributed by atoms with Crippen molar-refractivity contribution in [3.8, 4) is 0 Å². The second-order valence-electron chi connectivity index (χ2n) is 3.90. The maximum atomic E-state index is 11.9. The highest BCUT2D eigenvalue weighted by molar-refractivity contribution is 8.00. The molecule has 2 atom stereocenters. The molecule has 0 spiro atoms. The van der Waals surface area contributed by atoms with Crippen LogP contribution in [-0.4, -0.2) is 28.3 Å². The molecule has 0 bridgehead atoms. The Bertz CT molecular complexity index is 408. The summed E-state index contributed by atoms with van der Waals surface area (Å²) in [4.78, 5) is 23.6. The van der Waals surface area contributed by atoms with Gasteiger partial charge in [-0.25, -0.2) is 0 Å². The minimum absolute atomic E-state index is 0.235. The van der Waals surface area contributed by atoms with Gasteiger partial charge in [0.1, 0.15) is 6.04 Å². The monoisotopic (exact) mass is 267 g/mol. The Morgan fingerprint density at radius 1 is 1.33 bits per heavy atom. The second-order valence-corrected chi connectivity index (χ2v) is 5.17. The van der Waals surface area contributed by atoms with E-state index in [1.165, 1.54) is 18.7 Å². The molecule has 0 heterocycles. The van der Waals surface area contributed by atoms with Crippen LogP contribution in [0.25, 0.3) is 0 Å². The van der Waals surface area contributed by atoms with Crippen LogP contribution in [-0.2, 0) is 9.59 Å². The van der Waals surface area contributed by atoms with Crippen molar-refractivity contribution >= 4 is 23.6 Å². The van der Waals surface area contributed by atoms with Crippen molar-refractivity contribution in [3.63, 3.8) is 0 Å². The average molecular weight is 267 g/mol. The van der Waals surface area contributed by atoms with Crippen LogP contribution in [0.1, 0.15) is 20.3 Å². The molecule has 1 aromatic rings. The maximum absolute atomic E-state index is 11.9. The average Bonchev–Trinajstić information content (AvgIpc) is 2.36. The number of carbonyl (C=O) groups is 2. The van der Waals surface area contributed by atoms with Crippen LogP contribution >= 0.6 is 11.8 Å². The van der Waals surface area contributed by atoms with Crippen LogP contribution in [0, 0.1) is 0 Å². The molecule has 0 radical (unpaired) electrons. The number of thioether (sulfide) groups is 1. The van der Waals surface area contributed by atoms with E-state index in [2.05, 4.69) is 5.32 Å². The van der Waals surface area contributed by atoms with Gasteiger partial charge in [0.05, 0.1) is 5.25 Å². The Balaban J connectivity index is 2.61. The van der Waals surface area contributed by atoms with Gasteiger partial charge in [-0.15, -0.1) is 11.8 Å². The van der Waals surface area contributed by atoms with Gasteiger partial charge in [-0.1, -0.05) is 25.1 Å². The number of carbonyl (C=O) groups excluding carboxylic acids is 1. The van der Waals surface area contributed by atoms with E-state index in [4.69, 9.17) is 5.11 Å². The van der Waals surface area contributed by atoms with Gasteiger partial charge in [0, 0.05) is 4.90 Å². The minimum atomic E-state index is -1.03. The van der Waals surface area contributed by atoms with Crippen LogP contribution in [0.3, 0.4) is 0 Å². The molecule has 0 aliphatic heterocycles. The number of benzene rings is 1. The number of carboxylic acids is 1. The molecule has 0 fully saturated rings. The lowest BCUT2D eigenvalue weighted by molar-refractivity contribution is -0.141. The second kappa shape index (κ2) is 7.06. The molecule has 1 rings (SSSR count). The summed E-state index contributed by atoms with van der Waals surface area (Å²) in [7, 11) is 0. The van der Waals surface area contributed by atoms with Crippen molar-refractivity contribution in [1.82, 2.24) is 5.32 Å². The predicted molar refractivity (Wildman–Crippen MR) is 71.6 cm³/mol. The molecule has 0 saturated carbocycles. The molecule has 1 amide bonds. The smallest absolute Gasteiger partial charge is 0.325 e. The number of rotatable bonds is 6. The Morgan fingerprint density at radius 2 is 1.94 bits per heavy atom. The zero-order valence-electron chi connectivity index (χ0n) is 10.4. The Kier molecular flexibility index (Phi) is 5.71. The molecule has 18 heavy (non-hydrogen) atoms. The van der Waals surface area contributed by atoms with Crippen LogP contribution in [0.5, 0.6) is 0 Å². The molecule has 4 nitrogen and oxygen atoms in total. The van der Waals surface area contributed by atoms with E-state index >= 15 is 0 Å². The third kappa shape index (κ3) is 4.41. The van der Waals surface area contributed by atoms with E-state index in [1.54, 1.807) is 0 Å². The Labute approximate surface area is 111 Å². The lowest BCUT2D eigenvalue weighted by Crippen LogP contribution is -2.42. The van der Waals surface area contributed by atoms with Crippen LogP contribution in [0.2, 0.25) is 0 Å². The quantitative estimate of drug-likeness (QED) is 0.775. The molecule has 0 aromatic heterocycles. The zero-order valence-corrected chi connectivity index (χ0v) is 11.2. The van der Waals surface area contributed by atoms with E-state index in [0.29, 0.717) is 6.42 Å². The molecular formula is C13H17NO3S. The van der Waals surface area contributed by atoms with E-state index in [-0.39, 0.29) is 11.2 Å². The van der Waals surface area contributed by atoms with Crippen LogP contribution in [0.15, 0.2) is 35.2 Å². The first-order chi connectivity index (χ1) is 8.54. The number of aliphatic carboxylic acids is 1. The summed E-state index contributed by atoms with van der Waals surface area (Å²) in [6.07, 6.45) is 0.651. The number of amides is 1. The van der Waals surface area contributed by atoms with Crippen molar-refractivity contribution in [1.29, 1.82) is 0 Å².